The first-order chi connectivity index (χ1) is 15.8. The summed E-state index contributed by atoms with van der Waals surface area (Å²) in [5, 5.41) is 8.42. The molecular weight excluding hydrogens is 422 g/mol. The fourth-order valence-electron chi connectivity index (χ4n) is 4.26. The van der Waals surface area contributed by atoms with Crippen molar-refractivity contribution in [3.05, 3.63) is 60.2 Å². The molecule has 3 N–H and O–H groups in total. The van der Waals surface area contributed by atoms with E-state index in [-0.39, 0.29) is 36.8 Å². The Kier molecular flexibility index (Phi) is 6.41. The molecule has 2 heterocycles. The number of nitrogens with one attached hydrogen (secondary N) is 3. The average molecular weight is 450 g/mol. The van der Waals surface area contributed by atoms with Gasteiger partial charge in [-0.15, -0.1) is 0 Å². The van der Waals surface area contributed by atoms with E-state index >= 15 is 0 Å². The van der Waals surface area contributed by atoms with E-state index in [1.54, 1.807) is 24.3 Å². The van der Waals surface area contributed by atoms with Crippen LogP contribution >= 0.6 is 0 Å². The minimum absolute atomic E-state index is 0.158. The number of piperidine rings is 1. The predicted molar refractivity (Wildman–Crippen MR) is 123 cm³/mol. The third-order valence-corrected chi connectivity index (χ3v) is 6.00. The summed E-state index contributed by atoms with van der Waals surface area (Å²) in [5.41, 5.74) is 1.30. The zero-order valence-electron chi connectivity index (χ0n) is 18.5. The highest BCUT2D eigenvalue weighted by Crippen LogP contribution is 2.30. The maximum Gasteiger partial charge on any atom is 0.325 e. The Morgan fingerprint density at radius 1 is 0.939 bits per heavy atom. The second kappa shape index (κ2) is 9.41. The van der Waals surface area contributed by atoms with Gasteiger partial charge in [0.2, 0.25) is 11.8 Å². The lowest BCUT2D eigenvalue weighted by Gasteiger charge is -2.36. The quantitative estimate of drug-likeness (QED) is 0.586. The molecule has 0 atom stereocenters. The van der Waals surface area contributed by atoms with Gasteiger partial charge in [0, 0.05) is 31.4 Å². The number of likely N-dealkylation sites (tertiary alicyclic amines) is 1. The summed E-state index contributed by atoms with van der Waals surface area (Å²) >= 11 is 0. The molecule has 2 aliphatic rings. The van der Waals surface area contributed by atoms with Gasteiger partial charge in [-0.05, 0) is 42.7 Å². The van der Waals surface area contributed by atoms with Gasteiger partial charge in [0.05, 0.1) is 13.1 Å². The highest BCUT2D eigenvalue weighted by Gasteiger charge is 2.52. The Morgan fingerprint density at radius 2 is 1.55 bits per heavy atom. The van der Waals surface area contributed by atoms with Crippen molar-refractivity contribution >= 4 is 35.1 Å². The van der Waals surface area contributed by atoms with Gasteiger partial charge in [-0.3, -0.25) is 24.2 Å². The number of carbonyl (C=O) groups is 4. The van der Waals surface area contributed by atoms with Crippen molar-refractivity contribution in [2.24, 2.45) is 0 Å². The molecule has 2 aromatic rings. The van der Waals surface area contributed by atoms with Crippen LogP contribution in [0.1, 0.15) is 25.3 Å². The molecule has 2 aromatic carbocycles. The van der Waals surface area contributed by atoms with Crippen LogP contribution in [0.2, 0.25) is 0 Å². The highest BCUT2D eigenvalue weighted by atomic mass is 16.2. The van der Waals surface area contributed by atoms with E-state index in [4.69, 9.17) is 0 Å². The van der Waals surface area contributed by atoms with Crippen LogP contribution in [0.25, 0.3) is 0 Å². The lowest BCUT2D eigenvalue weighted by atomic mass is 9.87. The Bertz CT molecular complexity index is 1050. The standard InChI is InChI=1S/C24H27N5O4/c1-17(30)25-19-7-9-20(10-8-19)26-21(31)16-28-13-11-24(12-14-28)22(32)29(23(33)27-24)15-18-5-3-2-4-6-18/h2-10H,11-16H2,1H3,(H,25,30)(H,26,31)(H,27,33). The van der Waals surface area contributed by atoms with Crippen molar-refractivity contribution in [2.45, 2.75) is 31.8 Å². The fraction of sp³-hybridized carbons (Fsp3) is 0.333. The van der Waals surface area contributed by atoms with Crippen LogP contribution in [0.4, 0.5) is 16.2 Å². The Hall–Kier alpha value is -3.72. The van der Waals surface area contributed by atoms with Crippen molar-refractivity contribution in [1.29, 1.82) is 0 Å². The first-order valence-corrected chi connectivity index (χ1v) is 10.9. The fourth-order valence-corrected chi connectivity index (χ4v) is 4.26. The molecule has 2 aliphatic heterocycles. The van der Waals surface area contributed by atoms with E-state index in [1.165, 1.54) is 11.8 Å². The van der Waals surface area contributed by atoms with Gasteiger partial charge < -0.3 is 16.0 Å². The first-order valence-electron chi connectivity index (χ1n) is 10.9. The van der Waals surface area contributed by atoms with Crippen molar-refractivity contribution < 1.29 is 19.2 Å². The lowest BCUT2D eigenvalue weighted by Crippen LogP contribution is -2.55. The zero-order chi connectivity index (χ0) is 23.4. The van der Waals surface area contributed by atoms with Crippen LogP contribution < -0.4 is 16.0 Å². The predicted octanol–water partition coefficient (Wildman–Crippen LogP) is 2.17. The van der Waals surface area contributed by atoms with Crippen LogP contribution in [-0.2, 0) is 20.9 Å². The molecule has 4 rings (SSSR count). The molecule has 1 spiro atoms. The monoisotopic (exact) mass is 449 g/mol. The normalized spacial score (nSPS) is 17.7. The van der Waals surface area contributed by atoms with E-state index in [1.807, 2.05) is 35.2 Å². The van der Waals surface area contributed by atoms with E-state index in [2.05, 4.69) is 16.0 Å². The van der Waals surface area contributed by atoms with Crippen LogP contribution in [0.5, 0.6) is 0 Å². The molecule has 2 saturated heterocycles. The highest BCUT2D eigenvalue weighted by molar-refractivity contribution is 6.07. The number of nitrogens with zero attached hydrogens (tertiary/aromatic N) is 2. The summed E-state index contributed by atoms with van der Waals surface area (Å²) in [6.45, 7) is 2.93. The lowest BCUT2D eigenvalue weighted by molar-refractivity contribution is -0.133. The van der Waals surface area contributed by atoms with Gasteiger partial charge in [-0.25, -0.2) is 4.79 Å². The molecule has 0 bridgehead atoms. The van der Waals surface area contributed by atoms with Crippen molar-refractivity contribution in [3.63, 3.8) is 0 Å². The largest absolute Gasteiger partial charge is 0.326 e. The molecule has 172 valence electrons. The maximum atomic E-state index is 13.1. The molecular formula is C24H27N5O4. The topological polar surface area (TPSA) is 111 Å². The van der Waals surface area contributed by atoms with Crippen molar-refractivity contribution in [2.75, 3.05) is 30.3 Å². The molecule has 5 amide bonds. The van der Waals surface area contributed by atoms with Crippen molar-refractivity contribution in [3.8, 4) is 0 Å². The smallest absolute Gasteiger partial charge is 0.325 e. The third-order valence-electron chi connectivity index (χ3n) is 6.00. The summed E-state index contributed by atoms with van der Waals surface area (Å²) in [6.07, 6.45) is 0.920. The molecule has 33 heavy (non-hydrogen) atoms. The number of hydrogen-bond donors (Lipinski definition) is 3. The summed E-state index contributed by atoms with van der Waals surface area (Å²) < 4.78 is 0. The second-order valence-corrected chi connectivity index (χ2v) is 8.47. The molecule has 0 saturated carbocycles. The number of carbonyl (C=O) groups excluding carboxylic acids is 4. The molecule has 0 aliphatic carbocycles. The van der Waals surface area contributed by atoms with Gasteiger partial charge in [0.1, 0.15) is 5.54 Å². The molecule has 0 unspecified atom stereocenters. The first kappa shape index (κ1) is 22.5. The van der Waals surface area contributed by atoms with E-state index in [0.717, 1.165) is 5.56 Å². The second-order valence-electron chi connectivity index (χ2n) is 8.47. The molecule has 0 aromatic heterocycles. The summed E-state index contributed by atoms with van der Waals surface area (Å²) in [4.78, 5) is 52.4. The van der Waals surface area contributed by atoms with Crippen LogP contribution in [-0.4, -0.2) is 58.7 Å². The number of rotatable bonds is 6. The van der Waals surface area contributed by atoms with Gasteiger partial charge in [-0.2, -0.15) is 0 Å². The Morgan fingerprint density at radius 3 is 2.15 bits per heavy atom. The number of imide groups is 1. The number of benzene rings is 2. The number of anilines is 2. The molecule has 2 fully saturated rings. The van der Waals surface area contributed by atoms with Crippen LogP contribution in [0.3, 0.4) is 0 Å². The number of urea groups is 1. The Balaban J connectivity index is 1.28. The van der Waals surface area contributed by atoms with E-state index < -0.39 is 5.54 Å². The summed E-state index contributed by atoms with van der Waals surface area (Å²) in [7, 11) is 0. The zero-order valence-corrected chi connectivity index (χ0v) is 18.5. The van der Waals surface area contributed by atoms with Gasteiger partial charge in [0.25, 0.3) is 5.91 Å². The number of amides is 5. The van der Waals surface area contributed by atoms with Crippen LogP contribution in [0, 0.1) is 0 Å². The van der Waals surface area contributed by atoms with Gasteiger partial charge >= 0.3 is 6.03 Å². The summed E-state index contributed by atoms with van der Waals surface area (Å²) in [5.74, 6) is -0.514. The molecule has 9 heteroatoms. The molecule has 9 nitrogen and oxygen atoms in total. The van der Waals surface area contributed by atoms with E-state index in [9.17, 15) is 19.2 Å². The van der Waals surface area contributed by atoms with E-state index in [0.29, 0.717) is 37.3 Å². The minimum Gasteiger partial charge on any atom is -0.326 e. The maximum absolute atomic E-state index is 13.1. The van der Waals surface area contributed by atoms with Crippen molar-refractivity contribution in [1.82, 2.24) is 15.1 Å². The summed E-state index contributed by atoms with van der Waals surface area (Å²) in [6, 6.07) is 16.0. The number of hydrogen-bond acceptors (Lipinski definition) is 5. The average Bonchev–Trinajstić information content (AvgIpc) is 3.01. The van der Waals surface area contributed by atoms with Gasteiger partial charge in [-0.1, -0.05) is 30.3 Å². The SMILES string of the molecule is CC(=O)Nc1ccc(NC(=O)CN2CCC3(CC2)NC(=O)N(Cc2ccccc2)C3=O)cc1. The van der Waals surface area contributed by atoms with Crippen LogP contribution in [0.15, 0.2) is 54.6 Å². The molecule has 0 radical (unpaired) electrons. The third kappa shape index (κ3) is 5.20. The van der Waals surface area contributed by atoms with Gasteiger partial charge in [0.15, 0.2) is 0 Å². The minimum atomic E-state index is -0.890. The Labute approximate surface area is 192 Å².